The molecule has 0 saturated heterocycles. The molecule has 0 bridgehead atoms. The van der Waals surface area contributed by atoms with Gasteiger partial charge in [0.15, 0.2) is 0 Å². The fourth-order valence-electron chi connectivity index (χ4n) is 2.53. The van der Waals surface area contributed by atoms with E-state index >= 15 is 0 Å². The number of hydrogen-bond acceptors (Lipinski definition) is 4. The van der Waals surface area contributed by atoms with Crippen LogP contribution in [-0.2, 0) is 31.1 Å². The molecule has 1 N–H and O–H groups in total. The second-order valence-corrected chi connectivity index (χ2v) is 7.24. The number of carbonyl (C=O) groups is 2. The van der Waals surface area contributed by atoms with E-state index < -0.39 is 17.4 Å². The number of hydrogen-bond donors (Lipinski definition) is 1. The summed E-state index contributed by atoms with van der Waals surface area (Å²) in [7, 11) is 0. The van der Waals surface area contributed by atoms with E-state index in [9.17, 15) is 14.7 Å². The topological polar surface area (TPSA) is 72.8 Å². The van der Waals surface area contributed by atoms with Crippen molar-refractivity contribution in [1.29, 1.82) is 0 Å². The van der Waals surface area contributed by atoms with Crippen LogP contribution in [0.4, 0.5) is 0 Å². The van der Waals surface area contributed by atoms with E-state index in [1.165, 1.54) is 0 Å². The molecule has 0 aromatic heterocycles. The summed E-state index contributed by atoms with van der Waals surface area (Å²) in [6.07, 6.45) is 0.202. The van der Waals surface area contributed by atoms with Gasteiger partial charge in [0.05, 0.1) is 19.3 Å². The van der Waals surface area contributed by atoms with Crippen LogP contribution in [0.5, 0.6) is 0 Å². The monoisotopic (exact) mass is 434 g/mol. The zero-order chi connectivity index (χ0) is 19.9. The Morgan fingerprint density at radius 2 is 1.74 bits per heavy atom. The Bertz CT molecular complexity index is 760. The van der Waals surface area contributed by atoms with Crippen LogP contribution in [0.1, 0.15) is 31.4 Å². The third kappa shape index (κ3) is 5.17. The zero-order valence-electron chi connectivity index (χ0n) is 15.4. The molecule has 0 saturated carbocycles. The van der Waals surface area contributed by atoms with Crippen molar-refractivity contribution in [3.63, 3.8) is 0 Å². The van der Waals surface area contributed by atoms with Gasteiger partial charge >= 0.3 is 11.9 Å². The largest absolute Gasteiger partial charge is 0.480 e. The van der Waals surface area contributed by atoms with Crippen molar-refractivity contribution in [3.8, 4) is 0 Å². The summed E-state index contributed by atoms with van der Waals surface area (Å²) in [4.78, 5) is 25.2. The molecule has 6 heteroatoms. The van der Waals surface area contributed by atoms with Crippen molar-refractivity contribution in [3.05, 3.63) is 70.2 Å². The Hall–Kier alpha value is -2.18. The maximum Gasteiger partial charge on any atom is 0.330 e. The SMILES string of the molecule is CCC(C)OC(=O)C(COCc1ccccc1)(C(=O)O)c1ccc(Br)cc1. The molecular weight excluding hydrogens is 412 g/mol. The molecule has 5 nitrogen and oxygen atoms in total. The third-order valence-corrected chi connectivity index (χ3v) is 4.89. The highest BCUT2D eigenvalue weighted by molar-refractivity contribution is 9.10. The highest BCUT2D eigenvalue weighted by atomic mass is 79.9. The molecule has 0 aliphatic carbocycles. The molecule has 0 aliphatic rings. The van der Waals surface area contributed by atoms with E-state index in [-0.39, 0.29) is 19.3 Å². The first-order valence-corrected chi connectivity index (χ1v) is 9.51. The average molecular weight is 435 g/mol. The average Bonchev–Trinajstić information content (AvgIpc) is 2.66. The quantitative estimate of drug-likeness (QED) is 0.469. The van der Waals surface area contributed by atoms with Crippen LogP contribution in [0.3, 0.4) is 0 Å². The van der Waals surface area contributed by atoms with Gasteiger partial charge in [-0.25, -0.2) is 0 Å². The van der Waals surface area contributed by atoms with E-state index in [0.717, 1.165) is 10.0 Å². The standard InChI is InChI=1S/C21H23BrO5/c1-3-15(2)27-20(25)21(19(23)24,17-9-11-18(22)12-10-17)14-26-13-16-7-5-4-6-8-16/h4-12,15H,3,13-14H2,1-2H3,(H,23,24). The number of aliphatic carboxylic acids is 1. The molecule has 2 atom stereocenters. The molecule has 0 heterocycles. The van der Waals surface area contributed by atoms with Crippen LogP contribution in [-0.4, -0.2) is 29.8 Å². The summed E-state index contributed by atoms with van der Waals surface area (Å²) in [6, 6.07) is 16.0. The van der Waals surface area contributed by atoms with Crippen LogP contribution in [0, 0.1) is 0 Å². The van der Waals surface area contributed by atoms with Crippen LogP contribution in [0.25, 0.3) is 0 Å². The zero-order valence-corrected chi connectivity index (χ0v) is 16.9. The maximum atomic E-state index is 12.9. The van der Waals surface area contributed by atoms with Gasteiger partial charge in [-0.1, -0.05) is 65.3 Å². The van der Waals surface area contributed by atoms with Crippen LogP contribution in [0.2, 0.25) is 0 Å². The number of carboxylic acids is 1. The van der Waals surface area contributed by atoms with Crippen LogP contribution < -0.4 is 0 Å². The molecule has 2 rings (SSSR count). The summed E-state index contributed by atoms with van der Waals surface area (Å²) in [5.41, 5.74) is -0.721. The predicted octanol–water partition coefficient (Wildman–Crippen LogP) is 4.33. The minimum absolute atomic E-state index is 0.197. The Morgan fingerprint density at radius 1 is 1.11 bits per heavy atom. The molecule has 2 unspecified atom stereocenters. The van der Waals surface area contributed by atoms with Gasteiger partial charge in [-0.05, 0) is 36.6 Å². The molecule has 0 radical (unpaired) electrons. The minimum atomic E-state index is -1.93. The number of benzene rings is 2. The summed E-state index contributed by atoms with van der Waals surface area (Å²) < 4.78 is 11.9. The fourth-order valence-corrected chi connectivity index (χ4v) is 2.79. The van der Waals surface area contributed by atoms with Gasteiger partial charge in [0.2, 0.25) is 5.41 Å². The van der Waals surface area contributed by atoms with Gasteiger partial charge in [0.1, 0.15) is 0 Å². The van der Waals surface area contributed by atoms with E-state index in [2.05, 4.69) is 15.9 Å². The van der Waals surface area contributed by atoms with Crippen molar-refractivity contribution in [2.75, 3.05) is 6.61 Å². The van der Waals surface area contributed by atoms with Crippen molar-refractivity contribution in [1.82, 2.24) is 0 Å². The number of ether oxygens (including phenoxy) is 2. The van der Waals surface area contributed by atoms with Gasteiger partial charge in [0.25, 0.3) is 0 Å². The summed E-state index contributed by atoms with van der Waals surface area (Å²) >= 11 is 3.33. The Kier molecular flexibility index (Phi) is 7.56. The number of esters is 1. The molecule has 2 aromatic rings. The normalized spacial score (nSPS) is 14.2. The van der Waals surface area contributed by atoms with Gasteiger partial charge < -0.3 is 14.6 Å². The first kappa shape index (κ1) is 21.1. The lowest BCUT2D eigenvalue weighted by molar-refractivity contribution is -0.169. The van der Waals surface area contributed by atoms with Crippen molar-refractivity contribution < 1.29 is 24.2 Å². The van der Waals surface area contributed by atoms with E-state index in [1.807, 2.05) is 37.3 Å². The molecule has 2 aromatic carbocycles. The smallest absolute Gasteiger partial charge is 0.330 e. The lowest BCUT2D eigenvalue weighted by Gasteiger charge is -2.29. The third-order valence-electron chi connectivity index (χ3n) is 4.36. The van der Waals surface area contributed by atoms with E-state index in [4.69, 9.17) is 9.47 Å². The Balaban J connectivity index is 2.33. The number of halogens is 1. The molecule has 0 amide bonds. The van der Waals surface area contributed by atoms with E-state index in [0.29, 0.717) is 12.0 Å². The van der Waals surface area contributed by atoms with Gasteiger partial charge in [0, 0.05) is 4.47 Å². The first-order valence-electron chi connectivity index (χ1n) is 8.72. The highest BCUT2D eigenvalue weighted by Gasteiger charge is 2.50. The molecule has 0 aliphatic heterocycles. The number of carbonyl (C=O) groups excluding carboxylic acids is 1. The summed E-state index contributed by atoms with van der Waals surface area (Å²) in [5.74, 6) is -2.12. The molecule has 144 valence electrons. The van der Waals surface area contributed by atoms with Crippen LogP contribution in [0.15, 0.2) is 59.1 Å². The van der Waals surface area contributed by atoms with Gasteiger partial charge in [-0.15, -0.1) is 0 Å². The first-order chi connectivity index (χ1) is 12.9. The Morgan fingerprint density at radius 3 is 2.30 bits per heavy atom. The minimum Gasteiger partial charge on any atom is -0.480 e. The highest BCUT2D eigenvalue weighted by Crippen LogP contribution is 2.30. The van der Waals surface area contributed by atoms with Gasteiger partial charge in [-0.3, -0.25) is 9.59 Å². The summed E-state index contributed by atoms with van der Waals surface area (Å²) in [5, 5.41) is 10.0. The van der Waals surface area contributed by atoms with Gasteiger partial charge in [-0.2, -0.15) is 0 Å². The van der Waals surface area contributed by atoms with Crippen molar-refractivity contribution in [2.24, 2.45) is 0 Å². The molecule has 0 spiro atoms. The number of rotatable bonds is 9. The van der Waals surface area contributed by atoms with Crippen molar-refractivity contribution in [2.45, 2.75) is 38.4 Å². The molecular formula is C21H23BrO5. The Labute approximate surface area is 167 Å². The second-order valence-electron chi connectivity index (χ2n) is 6.32. The maximum absolute atomic E-state index is 12.9. The summed E-state index contributed by atoms with van der Waals surface area (Å²) in [6.45, 7) is 3.47. The lowest BCUT2D eigenvalue weighted by atomic mass is 9.81. The molecule has 0 fully saturated rings. The lowest BCUT2D eigenvalue weighted by Crippen LogP contribution is -2.49. The second kappa shape index (κ2) is 9.67. The fraction of sp³-hybridized carbons (Fsp3) is 0.333. The van der Waals surface area contributed by atoms with Crippen molar-refractivity contribution >= 4 is 27.9 Å². The molecule has 27 heavy (non-hydrogen) atoms. The number of carboxylic acid groups (broad SMARTS) is 1. The van der Waals surface area contributed by atoms with Crippen LogP contribution >= 0.6 is 15.9 Å². The van der Waals surface area contributed by atoms with E-state index in [1.54, 1.807) is 31.2 Å². The predicted molar refractivity (Wildman–Crippen MR) is 105 cm³/mol.